The first kappa shape index (κ1) is 36.3. The molecule has 0 saturated heterocycles. The molecule has 15 heteroatoms. The number of carboxylic acid groups (broad SMARTS) is 1. The van der Waals surface area contributed by atoms with E-state index in [4.69, 9.17) is 16.7 Å². The number of hydrogen-bond acceptors (Lipinski definition) is 6. The predicted octanol–water partition coefficient (Wildman–Crippen LogP) is 8.31. The molecule has 1 amide bonds. The van der Waals surface area contributed by atoms with Gasteiger partial charge in [-0.15, -0.1) is 0 Å². The lowest BCUT2D eigenvalue weighted by atomic mass is 9.90. The molecule has 1 aromatic heterocycles. The molecule has 0 atom stereocenters. The number of carboxylic acids is 1. The molecule has 1 heterocycles. The molecular weight excluding hydrogens is 736 g/mol. The fourth-order valence-electron chi connectivity index (χ4n) is 5.93. The highest BCUT2D eigenvalue weighted by Gasteiger charge is 2.31. The minimum Gasteiger partial charge on any atom is -0.480 e. The zero-order chi connectivity index (χ0) is 38.2. The number of benzene rings is 5. The number of nitriles is 2. The van der Waals surface area contributed by atoms with Crippen molar-refractivity contribution in [2.75, 3.05) is 6.54 Å². The van der Waals surface area contributed by atoms with E-state index < -0.39 is 62.5 Å². The highest BCUT2D eigenvalue weighted by atomic mass is 35.5. The Morgan fingerprint density at radius 2 is 1.49 bits per heavy atom. The van der Waals surface area contributed by atoms with Crippen LogP contribution in [0.5, 0.6) is 0 Å². The smallest absolute Gasteiger partial charge is 0.322 e. The van der Waals surface area contributed by atoms with Crippen LogP contribution in [0.1, 0.15) is 33.5 Å². The second-order valence-electron chi connectivity index (χ2n) is 11.4. The lowest BCUT2D eigenvalue weighted by molar-refractivity contribution is -0.135. The van der Waals surface area contributed by atoms with Crippen molar-refractivity contribution in [1.29, 1.82) is 10.5 Å². The summed E-state index contributed by atoms with van der Waals surface area (Å²) in [6.07, 6.45) is -2.89. The lowest BCUT2D eigenvalue weighted by Gasteiger charge is -2.16. The molecule has 0 saturated carbocycles. The van der Waals surface area contributed by atoms with Crippen molar-refractivity contribution >= 4 is 44.4 Å². The maximum atomic E-state index is 15.3. The van der Waals surface area contributed by atoms with Crippen LogP contribution in [0.2, 0.25) is 5.02 Å². The van der Waals surface area contributed by atoms with Gasteiger partial charge in [-0.25, -0.2) is 30.0 Å². The number of aromatic nitrogens is 1. The number of carbonyl (C=O) groups excluding carboxylic acids is 1. The van der Waals surface area contributed by atoms with Crippen molar-refractivity contribution in [3.8, 4) is 45.6 Å². The van der Waals surface area contributed by atoms with Gasteiger partial charge in [0.25, 0.3) is 22.4 Å². The molecule has 6 aromatic rings. The van der Waals surface area contributed by atoms with Crippen LogP contribution in [0.3, 0.4) is 0 Å². The number of nitrogens with zero attached hydrogens (tertiary/aromatic N) is 3. The van der Waals surface area contributed by atoms with Gasteiger partial charge in [-0.05, 0) is 66.2 Å². The fraction of sp³-hybridized carbons (Fsp3) is 0.0526. The van der Waals surface area contributed by atoms with Crippen LogP contribution in [0.25, 0.3) is 44.4 Å². The van der Waals surface area contributed by atoms with Crippen LogP contribution in [0.4, 0.5) is 17.6 Å². The van der Waals surface area contributed by atoms with Crippen LogP contribution >= 0.6 is 11.6 Å². The second kappa shape index (κ2) is 14.3. The number of aliphatic carboxylic acids is 1. The maximum Gasteiger partial charge on any atom is 0.322 e. The van der Waals surface area contributed by atoms with E-state index in [-0.39, 0.29) is 60.6 Å². The molecule has 2 N–H and O–H groups in total. The molecule has 0 fully saturated rings. The molecule has 9 nitrogen and oxygen atoms in total. The Hall–Kier alpha value is -6.48. The first-order valence-electron chi connectivity index (χ1n) is 15.3. The van der Waals surface area contributed by atoms with Gasteiger partial charge in [-0.3, -0.25) is 9.59 Å². The fourth-order valence-corrected chi connectivity index (χ4v) is 7.74. The minimum atomic E-state index is -4.73. The summed E-state index contributed by atoms with van der Waals surface area (Å²) in [6.45, 7) is -0.776. The molecule has 0 aliphatic heterocycles. The second-order valence-corrected chi connectivity index (χ2v) is 13.6. The van der Waals surface area contributed by atoms with Crippen LogP contribution < -0.4 is 5.32 Å². The maximum absolute atomic E-state index is 15.3. The Bertz CT molecular complexity index is 2650. The average Bonchev–Trinajstić information content (AvgIpc) is 3.48. The number of amides is 1. The van der Waals surface area contributed by atoms with Crippen molar-refractivity contribution in [1.82, 2.24) is 9.29 Å². The average molecular weight is 757 g/mol. The van der Waals surface area contributed by atoms with Crippen LogP contribution in [0.15, 0.2) is 102 Å². The van der Waals surface area contributed by atoms with Crippen molar-refractivity contribution in [2.24, 2.45) is 0 Å². The summed E-state index contributed by atoms with van der Waals surface area (Å²) in [5.74, 6) is -4.23. The quantitative estimate of drug-likeness (QED) is 0.141. The van der Waals surface area contributed by atoms with Crippen molar-refractivity contribution in [2.45, 2.75) is 11.3 Å². The summed E-state index contributed by atoms with van der Waals surface area (Å²) >= 11 is 6.52. The van der Waals surface area contributed by atoms with Gasteiger partial charge in [0.15, 0.2) is 0 Å². The van der Waals surface area contributed by atoms with E-state index in [1.807, 2.05) is 17.5 Å². The summed E-state index contributed by atoms with van der Waals surface area (Å²) in [4.78, 5) is 22.9. The molecule has 0 aliphatic carbocycles. The minimum absolute atomic E-state index is 0.0156. The molecule has 5 aromatic carbocycles. The van der Waals surface area contributed by atoms with E-state index >= 15 is 8.78 Å². The first-order valence-corrected chi connectivity index (χ1v) is 17.1. The third-order valence-electron chi connectivity index (χ3n) is 8.26. The number of fused-ring (bicyclic) bond motifs is 1. The normalized spacial score (nSPS) is 11.3. The largest absolute Gasteiger partial charge is 0.480 e. The highest BCUT2D eigenvalue weighted by Crippen LogP contribution is 2.46. The number of halogens is 5. The third-order valence-corrected chi connectivity index (χ3v) is 10.3. The van der Waals surface area contributed by atoms with Gasteiger partial charge in [0.05, 0.1) is 44.9 Å². The van der Waals surface area contributed by atoms with Crippen LogP contribution in [0, 0.1) is 34.3 Å². The summed E-state index contributed by atoms with van der Waals surface area (Å²) < 4.78 is 87.3. The molecule has 0 spiro atoms. The zero-order valence-corrected chi connectivity index (χ0v) is 28.3. The predicted molar refractivity (Wildman–Crippen MR) is 187 cm³/mol. The topological polar surface area (TPSA) is 153 Å². The van der Waals surface area contributed by atoms with Gasteiger partial charge < -0.3 is 10.4 Å². The molecule has 0 radical (unpaired) electrons. The van der Waals surface area contributed by atoms with E-state index in [0.29, 0.717) is 0 Å². The van der Waals surface area contributed by atoms with Gasteiger partial charge in [0.1, 0.15) is 18.2 Å². The summed E-state index contributed by atoms with van der Waals surface area (Å²) in [5.41, 5.74) is -1.04. The van der Waals surface area contributed by atoms with Crippen LogP contribution in [-0.4, -0.2) is 35.9 Å². The van der Waals surface area contributed by atoms with Gasteiger partial charge in [-0.1, -0.05) is 48.0 Å². The third kappa shape index (κ3) is 6.69. The highest BCUT2D eigenvalue weighted by molar-refractivity contribution is 7.90. The zero-order valence-electron chi connectivity index (χ0n) is 26.7. The molecule has 0 aliphatic rings. The summed E-state index contributed by atoms with van der Waals surface area (Å²) in [6, 6.07) is 23.2. The van der Waals surface area contributed by atoms with Gasteiger partial charge >= 0.3 is 5.97 Å². The molecular formula is C38H21ClF4N4O5S. The molecule has 53 heavy (non-hydrogen) atoms. The van der Waals surface area contributed by atoms with Gasteiger partial charge in [0.2, 0.25) is 0 Å². The van der Waals surface area contributed by atoms with Crippen molar-refractivity contribution in [3.05, 3.63) is 136 Å². The van der Waals surface area contributed by atoms with Crippen molar-refractivity contribution in [3.63, 3.8) is 0 Å². The van der Waals surface area contributed by atoms with E-state index in [0.717, 1.165) is 52.5 Å². The van der Waals surface area contributed by atoms with Crippen molar-refractivity contribution < 1.29 is 40.7 Å². The van der Waals surface area contributed by atoms with E-state index in [1.165, 1.54) is 48.5 Å². The Labute approximate surface area is 303 Å². The summed E-state index contributed by atoms with van der Waals surface area (Å²) in [5, 5.41) is 31.1. The standard InChI is InChI=1S/C38H21ClF4N4O5S/c39-30-15-28(38(50)46-19-33(48)49)31(41)16-27(30)21-3-1-4-22(13-21)36-35(34-23(17-44)5-2-6-24(34)18-45)29-14-25(40)9-12-32(29)47(36)53(51,52)26-10-7-20(8-11-26)37(42)43/h1-16,37H,19H2,(H,46,50)(H,48,49). The number of alkyl halides is 2. The lowest BCUT2D eigenvalue weighted by Crippen LogP contribution is -2.29. The Morgan fingerprint density at radius 3 is 2.11 bits per heavy atom. The van der Waals surface area contributed by atoms with Crippen LogP contribution in [-0.2, 0) is 14.8 Å². The van der Waals surface area contributed by atoms with E-state index in [1.54, 1.807) is 0 Å². The Morgan fingerprint density at radius 1 is 0.849 bits per heavy atom. The number of rotatable bonds is 9. The molecule has 0 unspecified atom stereocenters. The first-order chi connectivity index (χ1) is 25.3. The van der Waals surface area contributed by atoms with E-state index in [2.05, 4.69) is 0 Å². The SMILES string of the molecule is N#Cc1cccc(C#N)c1-c1c(-c2cccc(-c3cc(F)c(C(=O)NCC(=O)O)cc3Cl)c2)n(S(=O)(=O)c2ccc(C(F)F)cc2)c2ccc(F)cc12. The number of hydrogen-bond donors (Lipinski definition) is 2. The number of nitrogens with one attached hydrogen (secondary N) is 1. The van der Waals surface area contributed by atoms with Gasteiger partial charge in [-0.2, -0.15) is 10.5 Å². The monoisotopic (exact) mass is 756 g/mol. The molecule has 264 valence electrons. The van der Waals surface area contributed by atoms with Gasteiger partial charge in [0, 0.05) is 38.2 Å². The Balaban J connectivity index is 1.68. The molecule has 6 rings (SSSR count). The molecule has 0 bridgehead atoms. The summed E-state index contributed by atoms with van der Waals surface area (Å²) in [7, 11) is -4.73. The number of carbonyl (C=O) groups is 2. The Kier molecular flexibility index (Phi) is 9.78. The van der Waals surface area contributed by atoms with E-state index in [9.17, 15) is 37.3 Å².